The zero-order valence-electron chi connectivity index (χ0n) is 12.3. The van der Waals surface area contributed by atoms with Gasteiger partial charge in [0.2, 0.25) is 5.88 Å². The summed E-state index contributed by atoms with van der Waals surface area (Å²) in [4.78, 5) is 4.13. The molecule has 0 spiro atoms. The summed E-state index contributed by atoms with van der Waals surface area (Å²) in [6.07, 6.45) is 4.98. The van der Waals surface area contributed by atoms with E-state index < -0.39 is 11.0 Å². The van der Waals surface area contributed by atoms with Crippen LogP contribution in [0.25, 0.3) is 0 Å². The van der Waals surface area contributed by atoms with Crippen molar-refractivity contribution in [1.29, 1.82) is 0 Å². The van der Waals surface area contributed by atoms with Crippen LogP contribution >= 0.6 is 15.9 Å². The van der Waals surface area contributed by atoms with Gasteiger partial charge in [-0.2, -0.15) is 4.40 Å². The van der Waals surface area contributed by atoms with Crippen molar-refractivity contribution in [3.63, 3.8) is 0 Å². The Morgan fingerprint density at radius 1 is 1.55 bits per heavy atom. The fourth-order valence-corrected chi connectivity index (χ4v) is 2.17. The van der Waals surface area contributed by atoms with Crippen molar-refractivity contribution in [2.24, 2.45) is 4.40 Å². The van der Waals surface area contributed by atoms with Gasteiger partial charge in [0.15, 0.2) is 0 Å². The molecule has 0 bridgehead atoms. The number of hydrogen-bond donors (Lipinski definition) is 0. The molecule has 0 saturated carbocycles. The number of ether oxygens (including phenoxy) is 1. The summed E-state index contributed by atoms with van der Waals surface area (Å²) in [6, 6.07) is 3.69. The Morgan fingerprint density at radius 2 is 2.25 bits per heavy atom. The lowest BCUT2D eigenvalue weighted by molar-refractivity contribution is 0.205. The highest BCUT2D eigenvalue weighted by molar-refractivity contribution is 9.10. The minimum Gasteiger partial charge on any atom is -0.475 e. The highest BCUT2D eigenvalue weighted by Gasteiger charge is 2.17. The van der Waals surface area contributed by atoms with Crippen LogP contribution in [0.1, 0.15) is 40.5 Å². The van der Waals surface area contributed by atoms with Crippen LogP contribution in [0.15, 0.2) is 27.2 Å². The van der Waals surface area contributed by atoms with E-state index in [-0.39, 0.29) is 10.9 Å². The maximum Gasteiger partial charge on any atom is 0.214 e. The Morgan fingerprint density at radius 3 is 2.85 bits per heavy atom. The van der Waals surface area contributed by atoms with Gasteiger partial charge in [0.1, 0.15) is 11.0 Å². The van der Waals surface area contributed by atoms with Crippen molar-refractivity contribution < 1.29 is 8.95 Å². The summed E-state index contributed by atoms with van der Waals surface area (Å²) in [6.45, 7) is 7.71. The predicted octanol–water partition coefficient (Wildman–Crippen LogP) is 3.92. The number of hydrogen-bond acceptors (Lipinski definition) is 3. The quantitative estimate of drug-likeness (QED) is 0.722. The molecule has 0 fully saturated rings. The van der Waals surface area contributed by atoms with Gasteiger partial charge in [-0.3, -0.25) is 0 Å². The van der Waals surface area contributed by atoms with Crippen LogP contribution < -0.4 is 4.74 Å². The summed E-state index contributed by atoms with van der Waals surface area (Å²) < 4.78 is 22.1. The SMILES string of the molecule is C[C@@H](CC/C=N/[S@@](=O)C(C)(C)C)Oc1cc(Br)ccn1. The Bertz CT molecular complexity index is 486. The van der Waals surface area contributed by atoms with E-state index in [0.29, 0.717) is 5.88 Å². The molecule has 0 unspecified atom stereocenters. The summed E-state index contributed by atoms with van der Waals surface area (Å²) in [7, 11) is -1.18. The monoisotopic (exact) mass is 360 g/mol. The summed E-state index contributed by atoms with van der Waals surface area (Å²) in [5, 5.41) is 0. The second-order valence-electron chi connectivity index (χ2n) is 5.47. The molecule has 2 atom stereocenters. The van der Waals surface area contributed by atoms with Crippen LogP contribution in [-0.2, 0) is 11.0 Å². The van der Waals surface area contributed by atoms with Crippen molar-refractivity contribution >= 4 is 33.1 Å². The maximum atomic E-state index is 11.7. The average Bonchev–Trinajstić information content (AvgIpc) is 2.33. The minimum atomic E-state index is -1.18. The molecule has 1 rings (SSSR count). The summed E-state index contributed by atoms with van der Waals surface area (Å²) in [5.74, 6) is 0.599. The average molecular weight is 361 g/mol. The van der Waals surface area contributed by atoms with Gasteiger partial charge in [-0.25, -0.2) is 9.19 Å². The third kappa shape index (κ3) is 6.61. The molecule has 1 aromatic rings. The van der Waals surface area contributed by atoms with Crippen LogP contribution in [0, 0.1) is 0 Å². The zero-order chi connectivity index (χ0) is 15.2. The third-order valence-corrected chi connectivity index (χ3v) is 4.30. The molecule has 0 aliphatic carbocycles. The number of halogens is 1. The second kappa shape index (κ2) is 7.88. The molecule has 20 heavy (non-hydrogen) atoms. The van der Waals surface area contributed by atoms with Crippen LogP contribution in [0.2, 0.25) is 0 Å². The van der Waals surface area contributed by atoms with Crippen LogP contribution in [0.5, 0.6) is 5.88 Å². The van der Waals surface area contributed by atoms with Crippen molar-refractivity contribution in [2.45, 2.75) is 51.4 Å². The Kier molecular flexibility index (Phi) is 6.82. The standard InChI is InChI=1S/C14H21BrN2O2S/c1-11(19-13-10-12(15)7-9-16-13)6-5-8-17-20(18)14(2,3)4/h7-11H,5-6H2,1-4H3/b17-8+/t11-,20-/m0/s1. The molecule has 0 radical (unpaired) electrons. The van der Waals surface area contributed by atoms with Gasteiger partial charge in [0.05, 0.1) is 10.9 Å². The van der Waals surface area contributed by atoms with Gasteiger partial charge in [-0.1, -0.05) is 15.9 Å². The lowest BCUT2D eigenvalue weighted by Crippen LogP contribution is -2.19. The number of pyridine rings is 1. The molecule has 6 heteroatoms. The number of aromatic nitrogens is 1. The molecule has 1 aromatic heterocycles. The van der Waals surface area contributed by atoms with Crippen LogP contribution in [0.4, 0.5) is 0 Å². The molecular formula is C14H21BrN2O2S. The van der Waals surface area contributed by atoms with Crippen LogP contribution in [0.3, 0.4) is 0 Å². The Balaban J connectivity index is 2.35. The highest BCUT2D eigenvalue weighted by atomic mass is 79.9. The molecule has 1 heterocycles. The van der Waals surface area contributed by atoms with Gasteiger partial charge in [0.25, 0.3) is 0 Å². The van der Waals surface area contributed by atoms with Gasteiger partial charge in [-0.15, -0.1) is 0 Å². The van der Waals surface area contributed by atoms with Crippen LogP contribution in [-0.4, -0.2) is 26.3 Å². The topological polar surface area (TPSA) is 51.5 Å². The molecule has 0 amide bonds. The first-order valence-corrected chi connectivity index (χ1v) is 8.42. The van der Waals surface area contributed by atoms with Crippen molar-refractivity contribution in [3.05, 3.63) is 22.8 Å². The van der Waals surface area contributed by atoms with E-state index in [4.69, 9.17) is 4.74 Å². The van der Waals surface area contributed by atoms with Gasteiger partial charge < -0.3 is 4.74 Å². The minimum absolute atomic E-state index is 0.0336. The largest absolute Gasteiger partial charge is 0.475 e. The fourth-order valence-electron chi connectivity index (χ4n) is 1.30. The smallest absolute Gasteiger partial charge is 0.214 e. The Labute approximate surface area is 131 Å². The number of nitrogens with zero attached hydrogens (tertiary/aromatic N) is 2. The van der Waals surface area contributed by atoms with Gasteiger partial charge in [0, 0.05) is 23.0 Å². The van der Waals surface area contributed by atoms with E-state index in [0.717, 1.165) is 17.3 Å². The van der Waals surface area contributed by atoms with Crippen molar-refractivity contribution in [3.8, 4) is 5.88 Å². The van der Waals surface area contributed by atoms with Crippen molar-refractivity contribution in [1.82, 2.24) is 4.98 Å². The second-order valence-corrected chi connectivity index (χ2v) is 8.32. The van der Waals surface area contributed by atoms with E-state index in [1.54, 1.807) is 12.4 Å². The molecule has 0 aromatic carbocycles. The molecule has 112 valence electrons. The lowest BCUT2D eigenvalue weighted by Gasteiger charge is -2.14. The first-order chi connectivity index (χ1) is 9.29. The van der Waals surface area contributed by atoms with E-state index >= 15 is 0 Å². The first kappa shape index (κ1) is 17.3. The molecule has 0 N–H and O–H groups in total. The van der Waals surface area contributed by atoms with E-state index in [1.807, 2.05) is 39.8 Å². The van der Waals surface area contributed by atoms with E-state index in [9.17, 15) is 4.21 Å². The van der Waals surface area contributed by atoms with E-state index in [2.05, 4.69) is 25.3 Å². The summed E-state index contributed by atoms with van der Waals surface area (Å²) >= 11 is 3.38. The molecule has 0 saturated heterocycles. The van der Waals surface area contributed by atoms with E-state index in [1.165, 1.54) is 0 Å². The molecule has 4 nitrogen and oxygen atoms in total. The predicted molar refractivity (Wildman–Crippen MR) is 87.6 cm³/mol. The third-order valence-electron chi connectivity index (χ3n) is 2.42. The maximum absolute atomic E-state index is 11.7. The lowest BCUT2D eigenvalue weighted by atomic mass is 10.2. The Hall–Kier alpha value is -0.750. The molecule has 0 aliphatic rings. The molecular weight excluding hydrogens is 340 g/mol. The normalized spacial score (nSPS) is 15.2. The summed E-state index contributed by atoms with van der Waals surface area (Å²) in [5.41, 5.74) is 0. The fraction of sp³-hybridized carbons (Fsp3) is 0.571. The first-order valence-electron chi connectivity index (χ1n) is 6.52. The molecule has 0 aliphatic heterocycles. The van der Waals surface area contributed by atoms with Gasteiger partial charge in [-0.05, 0) is 46.6 Å². The zero-order valence-corrected chi connectivity index (χ0v) is 14.7. The number of rotatable bonds is 6. The van der Waals surface area contributed by atoms with Gasteiger partial charge >= 0.3 is 0 Å². The highest BCUT2D eigenvalue weighted by Crippen LogP contribution is 2.17. The van der Waals surface area contributed by atoms with Crippen molar-refractivity contribution in [2.75, 3.05) is 0 Å².